The van der Waals surface area contributed by atoms with E-state index in [2.05, 4.69) is 15.3 Å². The van der Waals surface area contributed by atoms with E-state index in [0.717, 1.165) is 51.4 Å². The number of carbonyl (C=O) groups is 2. The fraction of sp³-hybridized carbons (Fsp3) is 0.391. The highest BCUT2D eigenvalue weighted by atomic mass is 32.2. The number of hydrogen-bond acceptors (Lipinski definition) is 8. The summed E-state index contributed by atoms with van der Waals surface area (Å²) in [7, 11) is 0. The molecule has 1 saturated heterocycles. The van der Waals surface area contributed by atoms with Gasteiger partial charge >= 0.3 is 0 Å². The van der Waals surface area contributed by atoms with Gasteiger partial charge in [-0.3, -0.25) is 9.59 Å². The van der Waals surface area contributed by atoms with Crippen LogP contribution in [-0.2, 0) is 28.9 Å². The number of β-amino-alcohol motifs (C(OH)–C–C–N with tert-alkyl or cyclic N) is 1. The van der Waals surface area contributed by atoms with E-state index in [1.807, 2.05) is 23.1 Å². The number of likely N-dealkylation sites (tertiary alicyclic amines) is 1. The Bertz CT molecular complexity index is 1260. The first-order chi connectivity index (χ1) is 15.5. The highest BCUT2D eigenvalue weighted by Crippen LogP contribution is 2.41. The standard InChI is InChI=1S/C23H22N4O3S2/c28-15-5-6-27(10-15)23(30)13-2-4-16-18(7-13)32-22-20(16)21(24-11-25-22)26-14-3-1-12-8-19(29)31-17(12)9-14/h1,3,9,11,13,15,28H,2,4-8,10H2,(H,24,25,26). The Kier molecular flexibility index (Phi) is 4.93. The molecule has 1 aliphatic carbocycles. The van der Waals surface area contributed by atoms with E-state index in [9.17, 15) is 14.7 Å². The highest BCUT2D eigenvalue weighted by Gasteiger charge is 2.34. The number of thioether (sulfide) groups is 1. The Hall–Kier alpha value is -2.49. The summed E-state index contributed by atoms with van der Waals surface area (Å²) in [6.45, 7) is 1.11. The Morgan fingerprint density at radius 1 is 1.25 bits per heavy atom. The number of nitrogens with zero attached hydrogens (tertiary/aromatic N) is 3. The van der Waals surface area contributed by atoms with Gasteiger partial charge in [0.05, 0.1) is 11.5 Å². The number of thiophene rings is 1. The molecule has 2 aromatic heterocycles. The number of aryl methyl sites for hydroxylation is 1. The first-order valence-corrected chi connectivity index (χ1v) is 12.5. The van der Waals surface area contributed by atoms with Crippen LogP contribution in [-0.4, -0.2) is 50.2 Å². The van der Waals surface area contributed by atoms with Crippen LogP contribution in [0.2, 0.25) is 0 Å². The lowest BCUT2D eigenvalue weighted by Gasteiger charge is -2.26. The first kappa shape index (κ1) is 20.1. The molecule has 3 aromatic rings. The van der Waals surface area contributed by atoms with Crippen molar-refractivity contribution >= 4 is 55.8 Å². The van der Waals surface area contributed by atoms with Crippen LogP contribution in [0.4, 0.5) is 11.5 Å². The Balaban J connectivity index is 1.28. The highest BCUT2D eigenvalue weighted by molar-refractivity contribution is 8.14. The predicted octanol–water partition coefficient (Wildman–Crippen LogP) is 3.31. The molecule has 32 heavy (non-hydrogen) atoms. The van der Waals surface area contributed by atoms with E-state index < -0.39 is 0 Å². The number of benzene rings is 1. The van der Waals surface area contributed by atoms with Crippen LogP contribution < -0.4 is 5.32 Å². The summed E-state index contributed by atoms with van der Waals surface area (Å²) in [6, 6.07) is 6.00. The zero-order chi connectivity index (χ0) is 21.8. The lowest BCUT2D eigenvalue weighted by molar-refractivity contribution is -0.135. The number of fused-ring (bicyclic) bond motifs is 4. The minimum absolute atomic E-state index is 0.0310. The summed E-state index contributed by atoms with van der Waals surface area (Å²) in [5.74, 6) is 0.907. The number of anilines is 2. The van der Waals surface area contributed by atoms with Crippen LogP contribution >= 0.6 is 23.1 Å². The molecular weight excluding hydrogens is 444 g/mol. The van der Waals surface area contributed by atoms with Gasteiger partial charge < -0.3 is 15.3 Å². The van der Waals surface area contributed by atoms with E-state index in [0.29, 0.717) is 25.9 Å². The van der Waals surface area contributed by atoms with Crippen molar-refractivity contribution in [1.82, 2.24) is 14.9 Å². The number of nitrogens with one attached hydrogen (secondary N) is 1. The molecule has 6 rings (SSSR count). The lowest BCUT2D eigenvalue weighted by Crippen LogP contribution is -2.37. The number of carbonyl (C=O) groups excluding carboxylic acids is 2. The molecule has 1 amide bonds. The zero-order valence-corrected chi connectivity index (χ0v) is 19.0. The SMILES string of the molecule is O=C1Cc2ccc(Nc3ncnc4sc5c(c34)CCC(C(=O)N3CCC(O)C3)C5)cc2S1. The van der Waals surface area contributed by atoms with E-state index in [-0.39, 0.29) is 23.0 Å². The molecule has 2 aliphatic heterocycles. The fourth-order valence-electron chi connectivity index (χ4n) is 4.94. The van der Waals surface area contributed by atoms with E-state index in [4.69, 9.17) is 0 Å². The summed E-state index contributed by atoms with van der Waals surface area (Å²) in [5.41, 5.74) is 3.22. The third-order valence-corrected chi connectivity index (χ3v) is 8.69. The van der Waals surface area contributed by atoms with Crippen LogP contribution in [0.3, 0.4) is 0 Å². The summed E-state index contributed by atoms with van der Waals surface area (Å²) < 4.78 is 0. The number of aliphatic hydroxyl groups excluding tert-OH is 1. The van der Waals surface area contributed by atoms with Crippen molar-refractivity contribution in [3.63, 3.8) is 0 Å². The van der Waals surface area contributed by atoms with Crippen LogP contribution in [0.1, 0.15) is 28.8 Å². The molecule has 3 aliphatic rings. The number of aliphatic hydroxyl groups is 1. The normalized spacial score (nSPS) is 22.3. The molecule has 7 nitrogen and oxygen atoms in total. The molecule has 0 saturated carbocycles. The molecule has 2 atom stereocenters. The van der Waals surface area contributed by atoms with Gasteiger partial charge in [0, 0.05) is 40.9 Å². The molecule has 1 aromatic carbocycles. The van der Waals surface area contributed by atoms with Crippen molar-refractivity contribution in [3.8, 4) is 0 Å². The lowest BCUT2D eigenvalue weighted by atomic mass is 9.87. The fourth-order valence-corrected chi connectivity index (χ4v) is 7.14. The van der Waals surface area contributed by atoms with Crippen molar-refractivity contribution in [2.45, 2.75) is 43.1 Å². The van der Waals surface area contributed by atoms with Gasteiger partial charge in [-0.05, 0) is 48.9 Å². The van der Waals surface area contributed by atoms with Gasteiger partial charge in [0.2, 0.25) is 5.91 Å². The van der Waals surface area contributed by atoms with Crippen molar-refractivity contribution in [2.75, 3.05) is 18.4 Å². The van der Waals surface area contributed by atoms with E-state index in [1.54, 1.807) is 17.7 Å². The van der Waals surface area contributed by atoms with Crippen molar-refractivity contribution in [3.05, 3.63) is 40.5 Å². The van der Waals surface area contributed by atoms with Crippen molar-refractivity contribution in [1.29, 1.82) is 0 Å². The second-order valence-electron chi connectivity index (χ2n) is 8.67. The van der Waals surface area contributed by atoms with Gasteiger partial charge in [-0.2, -0.15) is 0 Å². The molecule has 164 valence electrons. The van der Waals surface area contributed by atoms with E-state index in [1.165, 1.54) is 22.2 Å². The summed E-state index contributed by atoms with van der Waals surface area (Å²) in [4.78, 5) is 38.7. The minimum Gasteiger partial charge on any atom is -0.391 e. The Morgan fingerprint density at radius 3 is 3.00 bits per heavy atom. The monoisotopic (exact) mass is 466 g/mol. The number of amides is 1. The Labute approximate surface area is 193 Å². The molecule has 2 N–H and O–H groups in total. The summed E-state index contributed by atoms with van der Waals surface area (Å²) in [5, 5.41) is 14.4. The molecule has 0 spiro atoms. The molecule has 0 radical (unpaired) electrons. The number of hydrogen-bond donors (Lipinski definition) is 2. The van der Waals surface area contributed by atoms with Gasteiger partial charge in [-0.15, -0.1) is 11.3 Å². The maximum absolute atomic E-state index is 12.9. The largest absolute Gasteiger partial charge is 0.391 e. The van der Waals surface area contributed by atoms with Crippen LogP contribution in [0.25, 0.3) is 10.2 Å². The average molecular weight is 467 g/mol. The minimum atomic E-state index is -0.387. The molecule has 2 unspecified atom stereocenters. The second-order valence-corrected chi connectivity index (χ2v) is 10.9. The molecular formula is C23H22N4O3S2. The van der Waals surface area contributed by atoms with Gasteiger partial charge in [0.25, 0.3) is 0 Å². The smallest absolute Gasteiger partial charge is 0.226 e. The molecule has 1 fully saturated rings. The summed E-state index contributed by atoms with van der Waals surface area (Å²) in [6.07, 6.45) is 4.70. The van der Waals surface area contributed by atoms with Gasteiger partial charge in [-0.1, -0.05) is 17.8 Å². The van der Waals surface area contributed by atoms with E-state index >= 15 is 0 Å². The van der Waals surface area contributed by atoms with Crippen LogP contribution in [0, 0.1) is 5.92 Å². The topological polar surface area (TPSA) is 95.4 Å². The summed E-state index contributed by atoms with van der Waals surface area (Å²) >= 11 is 2.95. The third-order valence-electron chi connectivity index (χ3n) is 6.56. The Morgan fingerprint density at radius 2 is 2.16 bits per heavy atom. The third kappa shape index (κ3) is 3.48. The van der Waals surface area contributed by atoms with Gasteiger partial charge in [0.15, 0.2) is 5.12 Å². The maximum Gasteiger partial charge on any atom is 0.226 e. The van der Waals surface area contributed by atoms with Crippen molar-refractivity contribution < 1.29 is 14.7 Å². The maximum atomic E-state index is 12.9. The number of aromatic nitrogens is 2. The van der Waals surface area contributed by atoms with Crippen LogP contribution in [0.5, 0.6) is 0 Å². The zero-order valence-electron chi connectivity index (χ0n) is 17.3. The molecule has 0 bridgehead atoms. The predicted molar refractivity (Wildman–Crippen MR) is 124 cm³/mol. The quantitative estimate of drug-likeness (QED) is 0.611. The molecule has 4 heterocycles. The average Bonchev–Trinajstić information content (AvgIpc) is 3.48. The van der Waals surface area contributed by atoms with Crippen molar-refractivity contribution in [2.24, 2.45) is 5.92 Å². The van der Waals surface area contributed by atoms with Crippen LogP contribution in [0.15, 0.2) is 29.4 Å². The van der Waals surface area contributed by atoms with Gasteiger partial charge in [-0.25, -0.2) is 9.97 Å². The van der Waals surface area contributed by atoms with Gasteiger partial charge in [0.1, 0.15) is 17.0 Å². The number of rotatable bonds is 3. The second kappa shape index (κ2) is 7.83. The molecule has 9 heteroatoms. The first-order valence-electron chi connectivity index (χ1n) is 10.9.